The summed E-state index contributed by atoms with van der Waals surface area (Å²) in [5.74, 6) is -1.08. The van der Waals surface area contributed by atoms with Crippen LogP contribution in [0.4, 0.5) is 10.1 Å². The van der Waals surface area contributed by atoms with E-state index < -0.39 is 16.7 Å². The number of halogens is 1. The molecule has 0 fully saturated rings. The summed E-state index contributed by atoms with van der Waals surface area (Å²) in [6.45, 7) is 0. The number of nitro groups is 1. The lowest BCUT2D eigenvalue weighted by atomic mass is 10.0. The van der Waals surface area contributed by atoms with Gasteiger partial charge in [-0.25, -0.2) is 9.18 Å². The highest BCUT2D eigenvalue weighted by molar-refractivity contribution is 6.13. The van der Waals surface area contributed by atoms with Gasteiger partial charge in [-0.05, 0) is 48.5 Å². The number of nitrogens with zero attached hydrogens (tertiary/aromatic N) is 2. The summed E-state index contributed by atoms with van der Waals surface area (Å²) < 4.78 is 13.2. The molecule has 0 saturated heterocycles. The highest BCUT2D eigenvalue weighted by Gasteiger charge is 2.13. The smallest absolute Gasteiger partial charge is 0.312 e. The Hall–Kier alpha value is -3.87. The van der Waals surface area contributed by atoms with Gasteiger partial charge in [0.2, 0.25) is 0 Å². The highest BCUT2D eigenvalue weighted by Crippen LogP contribution is 2.17. The van der Waals surface area contributed by atoms with E-state index in [4.69, 9.17) is 4.84 Å². The molecule has 3 rings (SSSR count). The Morgan fingerprint density at radius 2 is 1.41 bits per heavy atom. The van der Waals surface area contributed by atoms with Crippen molar-refractivity contribution >= 4 is 17.4 Å². The van der Waals surface area contributed by atoms with Crippen molar-refractivity contribution in [3.8, 4) is 0 Å². The summed E-state index contributed by atoms with van der Waals surface area (Å²) in [5, 5.41) is 14.7. The molecule has 0 aliphatic rings. The maximum atomic E-state index is 13.2. The maximum absolute atomic E-state index is 13.2. The first-order chi connectivity index (χ1) is 13.0. The van der Waals surface area contributed by atoms with Crippen molar-refractivity contribution < 1.29 is 18.9 Å². The molecule has 0 aliphatic heterocycles. The zero-order valence-electron chi connectivity index (χ0n) is 13.9. The van der Waals surface area contributed by atoms with Crippen LogP contribution in [-0.2, 0) is 4.84 Å². The van der Waals surface area contributed by atoms with Crippen LogP contribution in [0.25, 0.3) is 0 Å². The molecule has 0 unspecified atom stereocenters. The molecule has 134 valence electrons. The van der Waals surface area contributed by atoms with Crippen molar-refractivity contribution in [2.75, 3.05) is 0 Å². The zero-order chi connectivity index (χ0) is 19.2. The molecule has 0 aromatic heterocycles. The molecule has 0 bridgehead atoms. The van der Waals surface area contributed by atoms with Gasteiger partial charge in [0.05, 0.1) is 10.5 Å². The van der Waals surface area contributed by atoms with Gasteiger partial charge >= 0.3 is 5.97 Å². The first-order valence-electron chi connectivity index (χ1n) is 7.90. The largest absolute Gasteiger partial charge is 0.365 e. The molecule has 0 aliphatic carbocycles. The van der Waals surface area contributed by atoms with E-state index in [0.717, 1.165) is 0 Å². The number of oxime groups is 1. The van der Waals surface area contributed by atoms with Gasteiger partial charge in [-0.1, -0.05) is 23.4 Å². The van der Waals surface area contributed by atoms with Crippen molar-refractivity contribution in [1.82, 2.24) is 0 Å². The Morgan fingerprint density at radius 3 is 1.96 bits per heavy atom. The molecule has 3 aromatic rings. The fraction of sp³-hybridized carbons (Fsp3) is 0. The van der Waals surface area contributed by atoms with E-state index in [1.807, 2.05) is 0 Å². The number of rotatable bonds is 5. The van der Waals surface area contributed by atoms with Crippen molar-refractivity contribution in [3.05, 3.63) is 111 Å². The van der Waals surface area contributed by atoms with E-state index in [2.05, 4.69) is 5.16 Å². The third kappa shape index (κ3) is 4.40. The van der Waals surface area contributed by atoms with Crippen LogP contribution in [0.2, 0.25) is 0 Å². The van der Waals surface area contributed by atoms with E-state index in [0.29, 0.717) is 16.7 Å². The average Bonchev–Trinajstić information content (AvgIpc) is 2.70. The molecule has 0 atom stereocenters. The summed E-state index contributed by atoms with van der Waals surface area (Å²) in [5.41, 5.74) is 1.45. The van der Waals surface area contributed by atoms with E-state index in [1.165, 1.54) is 48.5 Å². The van der Waals surface area contributed by atoms with Crippen molar-refractivity contribution in [3.63, 3.8) is 0 Å². The van der Waals surface area contributed by atoms with Crippen LogP contribution in [-0.4, -0.2) is 16.6 Å². The Kier molecular flexibility index (Phi) is 5.32. The van der Waals surface area contributed by atoms with Crippen LogP contribution in [0.15, 0.2) is 84.0 Å². The molecule has 0 amide bonds. The van der Waals surface area contributed by atoms with E-state index in [-0.39, 0.29) is 11.4 Å². The van der Waals surface area contributed by atoms with Crippen LogP contribution in [0.5, 0.6) is 0 Å². The minimum Gasteiger partial charge on any atom is -0.312 e. The van der Waals surface area contributed by atoms with Crippen LogP contribution < -0.4 is 0 Å². The minimum atomic E-state index is -0.655. The van der Waals surface area contributed by atoms with Crippen molar-refractivity contribution in [2.24, 2.45) is 5.16 Å². The minimum absolute atomic E-state index is 0.0847. The second-order valence-corrected chi connectivity index (χ2v) is 5.50. The quantitative estimate of drug-likeness (QED) is 0.292. The van der Waals surface area contributed by atoms with Crippen molar-refractivity contribution in [1.29, 1.82) is 0 Å². The molecule has 7 heteroatoms. The predicted octanol–water partition coefficient (Wildman–Crippen LogP) is 4.34. The van der Waals surface area contributed by atoms with E-state index >= 15 is 0 Å². The summed E-state index contributed by atoms with van der Waals surface area (Å²) >= 11 is 0. The molecule has 3 aromatic carbocycles. The molecule has 0 spiro atoms. The lowest BCUT2D eigenvalue weighted by molar-refractivity contribution is -0.384. The second kappa shape index (κ2) is 8.01. The van der Waals surface area contributed by atoms with E-state index in [1.54, 1.807) is 30.3 Å². The standard InChI is InChI=1S/C20H13FN2O4/c21-17-10-6-14(7-11-17)19(15-8-12-18(13-9-15)23(25)26)22-27-20(24)16-4-2-1-3-5-16/h1-13H/b22-19+. The normalized spacial score (nSPS) is 11.1. The van der Waals surface area contributed by atoms with Gasteiger partial charge < -0.3 is 4.84 Å². The lowest BCUT2D eigenvalue weighted by Crippen LogP contribution is -2.08. The first kappa shape index (κ1) is 17.9. The molecular formula is C20H13FN2O4. The number of carbonyl (C=O) groups excluding carboxylic acids is 1. The highest BCUT2D eigenvalue weighted by atomic mass is 19.1. The topological polar surface area (TPSA) is 81.8 Å². The van der Waals surface area contributed by atoms with Crippen molar-refractivity contribution in [2.45, 2.75) is 0 Å². The van der Waals surface area contributed by atoms with Crippen LogP contribution in [0, 0.1) is 15.9 Å². The molecule has 27 heavy (non-hydrogen) atoms. The average molecular weight is 364 g/mol. The Labute approximate surface area is 153 Å². The Balaban J connectivity index is 1.95. The molecule has 0 N–H and O–H groups in total. The summed E-state index contributed by atoms with van der Waals surface area (Å²) in [7, 11) is 0. The third-order valence-electron chi connectivity index (χ3n) is 3.70. The molecule has 0 radical (unpaired) electrons. The van der Waals surface area contributed by atoms with Gasteiger partial charge in [-0.2, -0.15) is 0 Å². The third-order valence-corrected chi connectivity index (χ3v) is 3.70. The van der Waals surface area contributed by atoms with Gasteiger partial charge in [-0.3, -0.25) is 10.1 Å². The SMILES string of the molecule is O=C(O/N=C(\c1ccc(F)cc1)c1ccc([N+](=O)[O-])cc1)c1ccccc1. The molecule has 0 heterocycles. The van der Waals surface area contributed by atoms with Gasteiger partial charge in [0.25, 0.3) is 5.69 Å². The molecule has 6 nitrogen and oxygen atoms in total. The Morgan fingerprint density at radius 1 is 0.852 bits per heavy atom. The lowest BCUT2D eigenvalue weighted by Gasteiger charge is -2.07. The summed E-state index contributed by atoms with van der Waals surface area (Å²) in [4.78, 5) is 27.5. The zero-order valence-corrected chi connectivity index (χ0v) is 13.9. The summed E-state index contributed by atoms with van der Waals surface area (Å²) in [6, 6.07) is 19.4. The molecular weight excluding hydrogens is 351 g/mol. The fourth-order valence-corrected chi connectivity index (χ4v) is 2.33. The number of carbonyl (C=O) groups is 1. The first-order valence-corrected chi connectivity index (χ1v) is 7.90. The second-order valence-electron chi connectivity index (χ2n) is 5.50. The number of benzene rings is 3. The number of hydrogen-bond donors (Lipinski definition) is 0. The number of non-ortho nitro benzene ring substituents is 1. The number of nitro benzene ring substituents is 1. The summed E-state index contributed by atoms with van der Waals surface area (Å²) in [6.07, 6.45) is 0. The monoisotopic (exact) mass is 364 g/mol. The fourth-order valence-electron chi connectivity index (χ4n) is 2.33. The predicted molar refractivity (Wildman–Crippen MR) is 97.0 cm³/mol. The Bertz CT molecular complexity index is 985. The van der Waals surface area contributed by atoms with Crippen LogP contribution in [0.1, 0.15) is 21.5 Å². The van der Waals surface area contributed by atoms with Gasteiger partial charge in [0.1, 0.15) is 11.5 Å². The van der Waals surface area contributed by atoms with E-state index in [9.17, 15) is 19.3 Å². The van der Waals surface area contributed by atoms with Gasteiger partial charge in [-0.15, -0.1) is 0 Å². The number of hydrogen-bond acceptors (Lipinski definition) is 5. The molecule has 0 saturated carbocycles. The van der Waals surface area contributed by atoms with Crippen LogP contribution >= 0.6 is 0 Å². The van der Waals surface area contributed by atoms with Gasteiger partial charge in [0.15, 0.2) is 0 Å². The maximum Gasteiger partial charge on any atom is 0.365 e. The van der Waals surface area contributed by atoms with Crippen LogP contribution in [0.3, 0.4) is 0 Å². The van der Waals surface area contributed by atoms with Gasteiger partial charge in [0, 0.05) is 23.3 Å².